The Kier molecular flexibility index (Phi) is 4.42. The van der Waals surface area contributed by atoms with E-state index >= 15 is 0 Å². The molecule has 0 aliphatic heterocycles. The number of nitrogens with zero attached hydrogens (tertiary/aromatic N) is 1. The Morgan fingerprint density at radius 2 is 1.31 bits per heavy atom. The summed E-state index contributed by atoms with van der Waals surface area (Å²) in [6.07, 6.45) is -0.993. The molecule has 0 saturated carbocycles. The summed E-state index contributed by atoms with van der Waals surface area (Å²) < 4.78 is 0. The van der Waals surface area contributed by atoms with Crippen molar-refractivity contribution in [1.29, 1.82) is 0 Å². The van der Waals surface area contributed by atoms with E-state index < -0.39 is 11.6 Å². The Balaban J connectivity index is 2.20. The van der Waals surface area contributed by atoms with E-state index in [1.165, 1.54) is 4.90 Å². The van der Waals surface area contributed by atoms with Gasteiger partial charge in [0.2, 0.25) is 0 Å². The largest absolute Gasteiger partial charge is 0.465 e. The van der Waals surface area contributed by atoms with E-state index in [1.807, 2.05) is 93.6 Å². The first-order chi connectivity index (χ1) is 13.8. The van der Waals surface area contributed by atoms with Crippen LogP contribution in [0.5, 0.6) is 0 Å². The number of nitrogens with two attached hydrogens (primary N) is 1. The molecule has 0 unspecified atom stereocenters. The van der Waals surface area contributed by atoms with Crippen molar-refractivity contribution in [2.45, 2.75) is 26.3 Å². The normalized spacial score (nSPS) is 11.7. The van der Waals surface area contributed by atoms with Crippen LogP contribution in [0.3, 0.4) is 0 Å². The van der Waals surface area contributed by atoms with Crippen LogP contribution in [-0.4, -0.2) is 16.7 Å². The van der Waals surface area contributed by atoms with Gasteiger partial charge in [0.25, 0.3) is 0 Å². The maximum atomic E-state index is 12.3. The molecule has 0 heterocycles. The molecule has 0 aromatic heterocycles. The van der Waals surface area contributed by atoms with Crippen molar-refractivity contribution in [1.82, 2.24) is 0 Å². The number of nitrogen functional groups attached to an aromatic ring is 1. The molecule has 1 amide bonds. The second kappa shape index (κ2) is 6.82. The molecular weight excluding hydrogens is 360 g/mol. The van der Waals surface area contributed by atoms with Crippen molar-refractivity contribution in [2.75, 3.05) is 10.6 Å². The maximum absolute atomic E-state index is 12.3. The third-order valence-corrected chi connectivity index (χ3v) is 5.22. The second-order valence-electron chi connectivity index (χ2n) is 8.22. The summed E-state index contributed by atoms with van der Waals surface area (Å²) in [5.41, 5.74) is 8.84. The second-order valence-corrected chi connectivity index (χ2v) is 8.22. The van der Waals surface area contributed by atoms with Crippen molar-refractivity contribution in [3.05, 3.63) is 72.8 Å². The Hall–Kier alpha value is -3.53. The quantitative estimate of drug-likeness (QED) is 0.386. The van der Waals surface area contributed by atoms with Gasteiger partial charge >= 0.3 is 6.09 Å². The van der Waals surface area contributed by atoms with Crippen LogP contribution in [0.1, 0.15) is 20.8 Å². The third-order valence-electron chi connectivity index (χ3n) is 5.22. The lowest BCUT2D eigenvalue weighted by molar-refractivity contribution is 0.195. The van der Waals surface area contributed by atoms with Crippen molar-refractivity contribution in [2.24, 2.45) is 0 Å². The molecule has 0 fully saturated rings. The topological polar surface area (TPSA) is 66.6 Å². The van der Waals surface area contributed by atoms with Crippen LogP contribution in [0.15, 0.2) is 72.8 Å². The molecule has 4 aromatic carbocycles. The van der Waals surface area contributed by atoms with E-state index in [-0.39, 0.29) is 0 Å². The number of carboxylic acid groups (broad SMARTS) is 1. The number of hydrogen-bond donors (Lipinski definition) is 2. The highest BCUT2D eigenvalue weighted by atomic mass is 16.4. The summed E-state index contributed by atoms with van der Waals surface area (Å²) in [5.74, 6) is 0. The average molecular weight is 384 g/mol. The van der Waals surface area contributed by atoms with Gasteiger partial charge in [-0.2, -0.15) is 0 Å². The number of rotatable bonds is 2. The van der Waals surface area contributed by atoms with E-state index in [1.54, 1.807) is 0 Å². The summed E-state index contributed by atoms with van der Waals surface area (Å²) in [4.78, 5) is 13.7. The van der Waals surface area contributed by atoms with Crippen molar-refractivity contribution < 1.29 is 9.90 Å². The van der Waals surface area contributed by atoms with Gasteiger partial charge in [0.05, 0.1) is 5.69 Å². The highest BCUT2D eigenvalue weighted by Gasteiger charge is 2.31. The predicted octanol–water partition coefficient (Wildman–Crippen LogP) is 6.53. The van der Waals surface area contributed by atoms with E-state index in [0.717, 1.165) is 32.7 Å². The molecule has 4 heteroatoms. The molecule has 4 aromatic rings. The zero-order chi connectivity index (χ0) is 20.8. The minimum Gasteiger partial charge on any atom is -0.465 e. The van der Waals surface area contributed by atoms with Crippen molar-refractivity contribution in [3.63, 3.8) is 0 Å². The molecule has 0 radical (unpaired) electrons. The smallest absolute Gasteiger partial charge is 0.412 e. The van der Waals surface area contributed by atoms with E-state index in [2.05, 4.69) is 0 Å². The van der Waals surface area contributed by atoms with Crippen LogP contribution in [0.2, 0.25) is 0 Å². The molecule has 4 nitrogen and oxygen atoms in total. The number of carbonyl (C=O) groups is 1. The molecular formula is C25H24N2O2. The summed E-state index contributed by atoms with van der Waals surface area (Å²) >= 11 is 0. The molecule has 0 aliphatic rings. The lowest BCUT2D eigenvalue weighted by Gasteiger charge is -2.35. The average Bonchev–Trinajstić information content (AvgIpc) is 2.67. The lowest BCUT2D eigenvalue weighted by Crippen LogP contribution is -2.45. The first kappa shape index (κ1) is 18.8. The van der Waals surface area contributed by atoms with Gasteiger partial charge in [-0.15, -0.1) is 0 Å². The summed E-state index contributed by atoms with van der Waals surface area (Å²) in [7, 11) is 0. The van der Waals surface area contributed by atoms with Gasteiger partial charge in [0.15, 0.2) is 0 Å². The summed E-state index contributed by atoms with van der Waals surface area (Å²) in [6.45, 7) is 5.69. The molecule has 0 saturated heterocycles. The molecule has 0 atom stereocenters. The van der Waals surface area contributed by atoms with Crippen LogP contribution in [0, 0.1) is 0 Å². The summed E-state index contributed by atoms with van der Waals surface area (Å²) in [6, 6.07) is 23.8. The number of hydrogen-bond acceptors (Lipinski definition) is 2. The van der Waals surface area contributed by atoms with Gasteiger partial charge in [-0.05, 0) is 54.4 Å². The molecule has 3 N–H and O–H groups in total. The number of anilines is 2. The van der Waals surface area contributed by atoms with Crippen LogP contribution < -0.4 is 10.6 Å². The third kappa shape index (κ3) is 3.17. The predicted molar refractivity (Wildman–Crippen MR) is 122 cm³/mol. The van der Waals surface area contributed by atoms with Crippen molar-refractivity contribution >= 4 is 39.0 Å². The van der Waals surface area contributed by atoms with Gasteiger partial charge in [-0.3, -0.25) is 4.90 Å². The molecule has 0 bridgehead atoms. The van der Waals surface area contributed by atoms with Crippen LogP contribution >= 0.6 is 0 Å². The fourth-order valence-corrected chi connectivity index (χ4v) is 4.03. The zero-order valence-electron chi connectivity index (χ0n) is 16.8. The Morgan fingerprint density at radius 3 is 1.86 bits per heavy atom. The molecule has 29 heavy (non-hydrogen) atoms. The summed E-state index contributed by atoms with van der Waals surface area (Å²) in [5, 5.41) is 14.2. The van der Waals surface area contributed by atoms with Gasteiger partial charge in [0.1, 0.15) is 0 Å². The lowest BCUT2D eigenvalue weighted by atomic mass is 9.90. The Morgan fingerprint density at radius 1 is 0.793 bits per heavy atom. The van der Waals surface area contributed by atoms with Crippen LogP contribution in [-0.2, 0) is 0 Å². The van der Waals surface area contributed by atoms with Gasteiger partial charge in [-0.1, -0.05) is 60.7 Å². The Labute approximate surface area is 170 Å². The Bertz CT molecular complexity index is 1240. The fourth-order valence-electron chi connectivity index (χ4n) is 4.03. The monoisotopic (exact) mass is 384 g/mol. The van der Waals surface area contributed by atoms with E-state index in [4.69, 9.17) is 5.73 Å². The first-order valence-electron chi connectivity index (χ1n) is 9.61. The fraction of sp³-hybridized carbons (Fsp3) is 0.160. The van der Waals surface area contributed by atoms with Gasteiger partial charge in [0, 0.05) is 22.4 Å². The minimum atomic E-state index is -0.993. The molecule has 4 rings (SSSR count). The number of fused-ring (bicyclic) bond motifs is 2. The highest BCUT2D eigenvalue weighted by molar-refractivity contribution is 6.15. The van der Waals surface area contributed by atoms with Gasteiger partial charge < -0.3 is 10.8 Å². The van der Waals surface area contributed by atoms with Crippen LogP contribution in [0.4, 0.5) is 16.2 Å². The number of benzene rings is 4. The van der Waals surface area contributed by atoms with Crippen molar-refractivity contribution in [3.8, 4) is 11.1 Å². The molecule has 0 spiro atoms. The number of amides is 1. The van der Waals surface area contributed by atoms with Gasteiger partial charge in [-0.25, -0.2) is 4.79 Å². The SMILES string of the molecule is CC(C)(C)N(C(=O)O)c1ccc2ccccc2c1-c1c(N)ccc2ccccc12. The minimum absolute atomic E-state index is 0.623. The van der Waals surface area contributed by atoms with E-state index in [0.29, 0.717) is 11.4 Å². The van der Waals surface area contributed by atoms with E-state index in [9.17, 15) is 9.90 Å². The molecule has 0 aliphatic carbocycles. The zero-order valence-corrected chi connectivity index (χ0v) is 16.8. The standard InChI is InChI=1S/C25H24N2O2/c1-25(2,3)27(24(28)29)21-15-13-17-9-5-7-11-19(17)23(21)22-18-10-6-4-8-16(18)12-14-20(22)26/h4-15H,26H2,1-3H3,(H,28,29). The van der Waals surface area contributed by atoms with Crippen LogP contribution in [0.25, 0.3) is 32.7 Å². The first-order valence-corrected chi connectivity index (χ1v) is 9.61. The highest BCUT2D eigenvalue weighted by Crippen LogP contribution is 2.45. The maximum Gasteiger partial charge on any atom is 0.412 e. The molecule has 146 valence electrons.